The van der Waals surface area contributed by atoms with E-state index in [1.54, 1.807) is 14.2 Å². The lowest BCUT2D eigenvalue weighted by Gasteiger charge is -2.40. The Bertz CT molecular complexity index is 142. The zero-order chi connectivity index (χ0) is 9.14. The molecule has 3 unspecified atom stereocenters. The molecule has 0 radical (unpaired) electrons. The van der Waals surface area contributed by atoms with Crippen molar-refractivity contribution in [2.45, 2.75) is 31.4 Å². The van der Waals surface area contributed by atoms with E-state index < -0.39 is 6.10 Å². The SMILES string of the molecule is COC1CCC(O)C(OC)N1C. The van der Waals surface area contributed by atoms with Crippen LogP contribution < -0.4 is 0 Å². The van der Waals surface area contributed by atoms with Crippen LogP contribution in [0.1, 0.15) is 12.8 Å². The van der Waals surface area contributed by atoms with E-state index in [2.05, 4.69) is 0 Å². The maximum Gasteiger partial charge on any atom is 0.138 e. The van der Waals surface area contributed by atoms with Crippen molar-refractivity contribution in [2.24, 2.45) is 0 Å². The van der Waals surface area contributed by atoms with Crippen LogP contribution in [0.3, 0.4) is 0 Å². The molecule has 0 bridgehead atoms. The molecule has 0 amide bonds. The zero-order valence-electron chi connectivity index (χ0n) is 7.86. The Morgan fingerprint density at radius 2 is 1.92 bits per heavy atom. The standard InChI is InChI=1S/C8H17NO3/c1-9-7(11-2)5-4-6(10)8(9)12-3/h6-8,10H,4-5H2,1-3H3. The highest BCUT2D eigenvalue weighted by molar-refractivity contribution is 4.78. The fourth-order valence-electron chi connectivity index (χ4n) is 1.70. The molecule has 0 aromatic rings. The van der Waals surface area contributed by atoms with Crippen LogP contribution in [0.2, 0.25) is 0 Å². The van der Waals surface area contributed by atoms with E-state index in [4.69, 9.17) is 9.47 Å². The number of rotatable bonds is 2. The summed E-state index contributed by atoms with van der Waals surface area (Å²) < 4.78 is 10.4. The first-order valence-electron chi connectivity index (χ1n) is 4.16. The molecule has 1 fully saturated rings. The molecule has 0 spiro atoms. The van der Waals surface area contributed by atoms with Gasteiger partial charge in [0.25, 0.3) is 0 Å². The lowest BCUT2D eigenvalue weighted by Crippen LogP contribution is -2.52. The Labute approximate surface area is 73.1 Å². The molecule has 12 heavy (non-hydrogen) atoms. The number of hydrogen-bond acceptors (Lipinski definition) is 4. The number of likely N-dealkylation sites (tertiary alicyclic amines) is 1. The van der Waals surface area contributed by atoms with Gasteiger partial charge in [-0.3, -0.25) is 4.90 Å². The van der Waals surface area contributed by atoms with Crippen LogP contribution >= 0.6 is 0 Å². The molecule has 1 rings (SSSR count). The molecule has 1 aliphatic heterocycles. The lowest BCUT2D eigenvalue weighted by atomic mass is 10.1. The second kappa shape index (κ2) is 4.18. The molecule has 0 saturated carbocycles. The summed E-state index contributed by atoms with van der Waals surface area (Å²) in [4.78, 5) is 1.91. The van der Waals surface area contributed by atoms with E-state index in [0.717, 1.165) is 12.8 Å². The van der Waals surface area contributed by atoms with Crippen LogP contribution in [0, 0.1) is 0 Å². The fourth-order valence-corrected chi connectivity index (χ4v) is 1.70. The van der Waals surface area contributed by atoms with Crippen LogP contribution in [0.15, 0.2) is 0 Å². The molecule has 4 heteroatoms. The van der Waals surface area contributed by atoms with Gasteiger partial charge in [-0.05, 0) is 19.9 Å². The molecular formula is C8H17NO3. The molecule has 0 aliphatic carbocycles. The van der Waals surface area contributed by atoms with Crippen LogP contribution in [0.5, 0.6) is 0 Å². The van der Waals surface area contributed by atoms with E-state index in [1.807, 2.05) is 11.9 Å². The maximum atomic E-state index is 9.53. The van der Waals surface area contributed by atoms with Crippen molar-refractivity contribution < 1.29 is 14.6 Å². The van der Waals surface area contributed by atoms with E-state index in [9.17, 15) is 5.11 Å². The number of nitrogens with zero attached hydrogens (tertiary/aromatic N) is 1. The lowest BCUT2D eigenvalue weighted by molar-refractivity contribution is -0.190. The molecular weight excluding hydrogens is 158 g/mol. The topological polar surface area (TPSA) is 41.9 Å². The molecule has 4 nitrogen and oxygen atoms in total. The van der Waals surface area contributed by atoms with Gasteiger partial charge >= 0.3 is 0 Å². The second-order valence-corrected chi connectivity index (χ2v) is 3.13. The van der Waals surface area contributed by atoms with Crippen molar-refractivity contribution in [1.82, 2.24) is 4.90 Å². The Morgan fingerprint density at radius 3 is 2.42 bits per heavy atom. The highest BCUT2D eigenvalue weighted by Crippen LogP contribution is 2.22. The quantitative estimate of drug-likeness (QED) is 0.642. The Kier molecular flexibility index (Phi) is 3.46. The van der Waals surface area contributed by atoms with Crippen molar-refractivity contribution in [3.8, 4) is 0 Å². The van der Waals surface area contributed by atoms with Gasteiger partial charge in [-0.25, -0.2) is 0 Å². The average molecular weight is 175 g/mol. The van der Waals surface area contributed by atoms with Crippen LogP contribution in [0.4, 0.5) is 0 Å². The number of aliphatic hydroxyl groups is 1. The zero-order valence-corrected chi connectivity index (χ0v) is 7.86. The summed E-state index contributed by atoms with van der Waals surface area (Å²) in [5.41, 5.74) is 0. The van der Waals surface area contributed by atoms with Gasteiger partial charge in [-0.2, -0.15) is 0 Å². The van der Waals surface area contributed by atoms with Gasteiger partial charge in [0.2, 0.25) is 0 Å². The molecule has 1 saturated heterocycles. The molecule has 72 valence electrons. The number of piperidine rings is 1. The van der Waals surface area contributed by atoms with E-state index in [-0.39, 0.29) is 12.5 Å². The van der Waals surface area contributed by atoms with Gasteiger partial charge in [0.05, 0.1) is 6.10 Å². The summed E-state index contributed by atoms with van der Waals surface area (Å²) in [6.07, 6.45) is 1.03. The van der Waals surface area contributed by atoms with Gasteiger partial charge in [0.1, 0.15) is 12.5 Å². The summed E-state index contributed by atoms with van der Waals surface area (Å²) in [6, 6.07) is 0. The molecule has 0 aromatic heterocycles. The van der Waals surface area contributed by atoms with Crippen molar-refractivity contribution in [2.75, 3.05) is 21.3 Å². The van der Waals surface area contributed by atoms with Crippen molar-refractivity contribution >= 4 is 0 Å². The number of aliphatic hydroxyl groups excluding tert-OH is 1. The van der Waals surface area contributed by atoms with E-state index in [1.165, 1.54) is 0 Å². The predicted octanol–water partition coefficient (Wildman–Crippen LogP) is 0.0179. The summed E-state index contributed by atoms with van der Waals surface area (Å²) in [7, 11) is 5.17. The fraction of sp³-hybridized carbons (Fsp3) is 1.00. The Balaban J connectivity index is 2.56. The Morgan fingerprint density at radius 1 is 1.25 bits per heavy atom. The van der Waals surface area contributed by atoms with Gasteiger partial charge in [0, 0.05) is 14.2 Å². The first kappa shape index (κ1) is 9.92. The van der Waals surface area contributed by atoms with E-state index >= 15 is 0 Å². The number of ether oxygens (including phenoxy) is 2. The third-order valence-electron chi connectivity index (χ3n) is 2.41. The number of hydrogen-bond donors (Lipinski definition) is 1. The average Bonchev–Trinajstić information content (AvgIpc) is 2.06. The molecule has 3 atom stereocenters. The molecule has 1 N–H and O–H groups in total. The number of likely N-dealkylation sites (N-methyl/N-ethyl adjacent to an activating group) is 1. The highest BCUT2D eigenvalue weighted by Gasteiger charge is 2.33. The maximum absolute atomic E-state index is 9.53. The Hall–Kier alpha value is -0.160. The molecule has 1 aliphatic rings. The minimum Gasteiger partial charge on any atom is -0.389 e. The third-order valence-corrected chi connectivity index (χ3v) is 2.41. The first-order valence-corrected chi connectivity index (χ1v) is 4.16. The summed E-state index contributed by atoms with van der Waals surface area (Å²) in [6.45, 7) is 0. The van der Waals surface area contributed by atoms with Crippen LogP contribution in [-0.2, 0) is 9.47 Å². The first-order chi connectivity index (χ1) is 5.70. The smallest absolute Gasteiger partial charge is 0.138 e. The van der Waals surface area contributed by atoms with Crippen molar-refractivity contribution in [1.29, 1.82) is 0 Å². The molecule has 1 heterocycles. The van der Waals surface area contributed by atoms with Gasteiger partial charge in [-0.1, -0.05) is 0 Å². The molecule has 0 aromatic carbocycles. The van der Waals surface area contributed by atoms with Gasteiger partial charge in [0.15, 0.2) is 0 Å². The number of methoxy groups -OCH3 is 2. The minimum absolute atomic E-state index is 0.0679. The van der Waals surface area contributed by atoms with E-state index in [0.29, 0.717) is 0 Å². The van der Waals surface area contributed by atoms with Crippen molar-refractivity contribution in [3.63, 3.8) is 0 Å². The summed E-state index contributed by atoms with van der Waals surface area (Å²) >= 11 is 0. The normalized spacial score (nSPS) is 38.5. The highest BCUT2D eigenvalue weighted by atomic mass is 16.5. The van der Waals surface area contributed by atoms with Crippen LogP contribution in [-0.4, -0.2) is 49.8 Å². The van der Waals surface area contributed by atoms with Gasteiger partial charge < -0.3 is 14.6 Å². The third kappa shape index (κ3) is 1.77. The predicted molar refractivity (Wildman–Crippen MR) is 44.6 cm³/mol. The van der Waals surface area contributed by atoms with Gasteiger partial charge in [-0.15, -0.1) is 0 Å². The van der Waals surface area contributed by atoms with Crippen LogP contribution in [0.25, 0.3) is 0 Å². The second-order valence-electron chi connectivity index (χ2n) is 3.13. The minimum atomic E-state index is -0.397. The van der Waals surface area contributed by atoms with Crippen molar-refractivity contribution in [3.05, 3.63) is 0 Å². The summed E-state index contributed by atoms with van der Waals surface area (Å²) in [5, 5.41) is 9.53. The monoisotopic (exact) mass is 175 g/mol. The largest absolute Gasteiger partial charge is 0.389 e. The summed E-state index contributed by atoms with van der Waals surface area (Å²) in [5.74, 6) is 0.